The second-order valence-electron chi connectivity index (χ2n) is 2.48. The van der Waals surface area contributed by atoms with Gasteiger partial charge in [0.25, 0.3) is 0 Å². The summed E-state index contributed by atoms with van der Waals surface area (Å²) in [5.74, 6) is 1.12. The molecule has 0 spiro atoms. The third-order valence-electron chi connectivity index (χ3n) is 1.67. The monoisotopic (exact) mass is 259 g/mol. The molecule has 1 aromatic rings. The Balaban J connectivity index is 3.31. The number of nitrogens with zero attached hydrogens (tertiary/aromatic N) is 1. The van der Waals surface area contributed by atoms with Gasteiger partial charge >= 0.3 is 0 Å². The summed E-state index contributed by atoms with van der Waals surface area (Å²) in [6, 6.07) is 3.54. The lowest BCUT2D eigenvalue weighted by atomic mass is 10.2. The van der Waals surface area contributed by atoms with Crippen LogP contribution in [0.2, 0.25) is 0 Å². The Kier molecular flexibility index (Phi) is 3.76. The quantitative estimate of drug-likeness (QED) is 0.515. The fraction of sp³-hybridized carbons (Fsp3) is 0.222. The van der Waals surface area contributed by atoms with Crippen LogP contribution in [0.1, 0.15) is 5.56 Å². The molecule has 14 heavy (non-hydrogen) atoms. The maximum atomic E-state index is 8.45. The van der Waals surface area contributed by atoms with Crippen molar-refractivity contribution in [2.24, 2.45) is 5.16 Å². The fourth-order valence-electron chi connectivity index (χ4n) is 1.12. The van der Waals surface area contributed by atoms with Gasteiger partial charge in [-0.05, 0) is 12.1 Å². The Morgan fingerprint density at radius 2 is 2.07 bits per heavy atom. The van der Waals surface area contributed by atoms with Crippen LogP contribution in [0, 0.1) is 0 Å². The molecule has 0 aliphatic heterocycles. The molecule has 0 radical (unpaired) electrons. The first kappa shape index (κ1) is 10.8. The molecule has 0 saturated carbocycles. The van der Waals surface area contributed by atoms with Crippen LogP contribution in [0.5, 0.6) is 11.5 Å². The van der Waals surface area contributed by atoms with E-state index in [0.29, 0.717) is 17.1 Å². The molecule has 0 aromatic heterocycles. The maximum Gasteiger partial charge on any atom is 0.169 e. The Labute approximate surface area is 90.3 Å². The first-order chi connectivity index (χ1) is 6.72. The van der Waals surface area contributed by atoms with E-state index in [4.69, 9.17) is 14.7 Å². The van der Waals surface area contributed by atoms with Gasteiger partial charge in [0.1, 0.15) is 0 Å². The van der Waals surface area contributed by atoms with Crippen LogP contribution in [0.3, 0.4) is 0 Å². The lowest BCUT2D eigenvalue weighted by Crippen LogP contribution is -1.95. The average molecular weight is 260 g/mol. The van der Waals surface area contributed by atoms with E-state index in [1.54, 1.807) is 19.2 Å². The number of hydrogen-bond acceptors (Lipinski definition) is 4. The minimum Gasteiger partial charge on any atom is -0.493 e. The molecular weight excluding hydrogens is 250 g/mol. The van der Waals surface area contributed by atoms with Gasteiger partial charge in [0.05, 0.1) is 20.4 Å². The zero-order valence-corrected chi connectivity index (χ0v) is 9.41. The van der Waals surface area contributed by atoms with Gasteiger partial charge in [-0.15, -0.1) is 0 Å². The Bertz CT molecular complexity index is 352. The summed E-state index contributed by atoms with van der Waals surface area (Å²) in [4.78, 5) is 0. The largest absolute Gasteiger partial charge is 0.493 e. The van der Waals surface area contributed by atoms with Crippen LogP contribution in [-0.2, 0) is 0 Å². The average Bonchev–Trinajstić information content (AvgIpc) is 2.17. The lowest BCUT2D eigenvalue weighted by Gasteiger charge is -2.10. The predicted molar refractivity (Wildman–Crippen MR) is 56.6 cm³/mol. The van der Waals surface area contributed by atoms with Crippen molar-refractivity contribution in [1.82, 2.24) is 0 Å². The molecule has 0 heterocycles. The summed E-state index contributed by atoms with van der Waals surface area (Å²) in [6.45, 7) is 0. The van der Waals surface area contributed by atoms with Crippen LogP contribution in [-0.4, -0.2) is 25.6 Å². The highest BCUT2D eigenvalue weighted by molar-refractivity contribution is 9.10. The topological polar surface area (TPSA) is 51.0 Å². The van der Waals surface area contributed by atoms with Gasteiger partial charge in [-0.3, -0.25) is 0 Å². The molecule has 0 atom stereocenters. The van der Waals surface area contributed by atoms with Gasteiger partial charge < -0.3 is 14.7 Å². The number of ether oxygens (including phenoxy) is 2. The molecule has 0 aliphatic rings. The fourth-order valence-corrected chi connectivity index (χ4v) is 1.57. The zero-order valence-electron chi connectivity index (χ0n) is 7.82. The van der Waals surface area contributed by atoms with Crippen molar-refractivity contribution in [2.45, 2.75) is 0 Å². The molecule has 76 valence electrons. The van der Waals surface area contributed by atoms with Crippen LogP contribution in [0.15, 0.2) is 21.8 Å². The molecule has 0 amide bonds. The van der Waals surface area contributed by atoms with E-state index in [1.165, 1.54) is 13.3 Å². The molecule has 0 unspecified atom stereocenters. The van der Waals surface area contributed by atoms with Crippen LogP contribution >= 0.6 is 15.9 Å². The summed E-state index contributed by atoms with van der Waals surface area (Å²) >= 11 is 3.31. The van der Waals surface area contributed by atoms with Crippen LogP contribution in [0.4, 0.5) is 0 Å². The number of halogens is 1. The molecule has 0 saturated heterocycles. The van der Waals surface area contributed by atoms with Crippen molar-refractivity contribution >= 4 is 22.1 Å². The van der Waals surface area contributed by atoms with Gasteiger partial charge in [0.2, 0.25) is 0 Å². The van der Waals surface area contributed by atoms with Crippen molar-refractivity contribution in [2.75, 3.05) is 14.2 Å². The number of oxime groups is 1. The van der Waals surface area contributed by atoms with Crippen LogP contribution in [0.25, 0.3) is 0 Å². The minimum atomic E-state index is 0.536. The van der Waals surface area contributed by atoms with Crippen LogP contribution < -0.4 is 9.47 Å². The van der Waals surface area contributed by atoms with Gasteiger partial charge in [-0.1, -0.05) is 21.1 Å². The van der Waals surface area contributed by atoms with E-state index < -0.39 is 0 Å². The van der Waals surface area contributed by atoms with Crippen molar-refractivity contribution < 1.29 is 14.7 Å². The molecule has 1 aromatic carbocycles. The van der Waals surface area contributed by atoms with Crippen molar-refractivity contribution in [3.8, 4) is 11.5 Å². The smallest absolute Gasteiger partial charge is 0.169 e. The van der Waals surface area contributed by atoms with Crippen molar-refractivity contribution in [3.05, 3.63) is 22.2 Å². The number of hydrogen-bond donors (Lipinski definition) is 1. The van der Waals surface area contributed by atoms with E-state index >= 15 is 0 Å². The van der Waals surface area contributed by atoms with Gasteiger partial charge in [-0.25, -0.2) is 0 Å². The molecular formula is C9H10BrNO3. The number of rotatable bonds is 3. The highest BCUT2D eigenvalue weighted by Gasteiger charge is 2.09. The normalized spacial score (nSPS) is 10.5. The van der Waals surface area contributed by atoms with E-state index in [0.717, 1.165) is 4.47 Å². The summed E-state index contributed by atoms with van der Waals surface area (Å²) in [5.41, 5.74) is 0.640. The van der Waals surface area contributed by atoms with E-state index in [2.05, 4.69) is 21.1 Å². The van der Waals surface area contributed by atoms with Gasteiger partial charge in [0.15, 0.2) is 11.5 Å². The molecule has 1 rings (SSSR count). The second kappa shape index (κ2) is 4.85. The Hall–Kier alpha value is -1.23. The highest BCUT2D eigenvalue weighted by Crippen LogP contribution is 2.33. The summed E-state index contributed by atoms with van der Waals surface area (Å²) in [6.07, 6.45) is 1.28. The summed E-state index contributed by atoms with van der Waals surface area (Å²) < 4.78 is 11.1. The van der Waals surface area contributed by atoms with E-state index in [-0.39, 0.29) is 0 Å². The third kappa shape index (κ3) is 2.17. The molecule has 0 fully saturated rings. The summed E-state index contributed by atoms with van der Waals surface area (Å²) in [7, 11) is 3.07. The summed E-state index contributed by atoms with van der Waals surface area (Å²) in [5, 5.41) is 11.4. The molecule has 0 bridgehead atoms. The van der Waals surface area contributed by atoms with E-state index in [1.807, 2.05) is 0 Å². The Morgan fingerprint density at radius 1 is 1.36 bits per heavy atom. The first-order valence-corrected chi connectivity index (χ1v) is 4.61. The van der Waals surface area contributed by atoms with Crippen molar-refractivity contribution in [1.29, 1.82) is 0 Å². The highest BCUT2D eigenvalue weighted by atomic mass is 79.9. The van der Waals surface area contributed by atoms with Gasteiger partial charge in [-0.2, -0.15) is 0 Å². The standard InChI is InChI=1S/C9H10BrNO3/c1-13-8-4-7(10)3-6(5-11-12)9(8)14-2/h3-5,12H,1-2H3/b11-5+. The first-order valence-electron chi connectivity index (χ1n) is 3.82. The zero-order chi connectivity index (χ0) is 10.6. The number of benzene rings is 1. The SMILES string of the molecule is COc1cc(Br)cc(/C=N/O)c1OC. The predicted octanol–water partition coefficient (Wildman–Crippen LogP) is 2.27. The van der Waals surface area contributed by atoms with E-state index in [9.17, 15) is 0 Å². The third-order valence-corrected chi connectivity index (χ3v) is 2.13. The Morgan fingerprint density at radius 3 is 2.57 bits per heavy atom. The molecule has 5 heteroatoms. The van der Waals surface area contributed by atoms with Crippen molar-refractivity contribution in [3.63, 3.8) is 0 Å². The second-order valence-corrected chi connectivity index (χ2v) is 3.39. The maximum absolute atomic E-state index is 8.45. The number of methoxy groups -OCH3 is 2. The molecule has 4 nitrogen and oxygen atoms in total. The van der Waals surface area contributed by atoms with Gasteiger partial charge in [0, 0.05) is 10.0 Å². The minimum absolute atomic E-state index is 0.536. The molecule has 1 N–H and O–H groups in total. The molecule has 0 aliphatic carbocycles. The lowest BCUT2D eigenvalue weighted by molar-refractivity contribution is 0.321.